The molecule has 33 heavy (non-hydrogen) atoms. The average Bonchev–Trinajstić information content (AvgIpc) is 3.43. The number of rotatable bonds is 0. The number of aromatic nitrogens is 3. The molecule has 9 heteroatoms. The van der Waals surface area contributed by atoms with E-state index in [2.05, 4.69) is 21.1 Å². The van der Waals surface area contributed by atoms with Gasteiger partial charge in [0.2, 0.25) is 0 Å². The number of carbonyl (C=O) groups is 1. The third-order valence-electron chi connectivity index (χ3n) is 6.10. The number of amides is 1. The minimum atomic E-state index is -0.399. The van der Waals surface area contributed by atoms with Gasteiger partial charge in [-0.05, 0) is 42.7 Å². The van der Waals surface area contributed by atoms with Crippen LogP contribution in [0.4, 0.5) is 21.7 Å². The predicted molar refractivity (Wildman–Crippen MR) is 125 cm³/mol. The molecule has 0 aliphatic carbocycles. The molecule has 0 spiro atoms. The van der Waals surface area contributed by atoms with Gasteiger partial charge in [-0.2, -0.15) is 10.4 Å². The van der Waals surface area contributed by atoms with Crippen molar-refractivity contribution in [2.24, 2.45) is 7.05 Å². The highest BCUT2D eigenvalue weighted by Gasteiger charge is 2.35. The normalized spacial score (nSPS) is 16.6. The van der Waals surface area contributed by atoms with Gasteiger partial charge in [-0.1, -0.05) is 13.8 Å². The van der Waals surface area contributed by atoms with Crippen LogP contribution >= 0.6 is 0 Å². The Kier molecular flexibility index (Phi) is 5.77. The Labute approximate surface area is 192 Å². The predicted octanol–water partition coefficient (Wildman–Crippen LogP) is 4.03. The van der Waals surface area contributed by atoms with Crippen LogP contribution in [0.1, 0.15) is 54.3 Å². The number of fused-ring (bicyclic) bond motifs is 8. The van der Waals surface area contributed by atoms with Gasteiger partial charge in [0.1, 0.15) is 23.5 Å². The van der Waals surface area contributed by atoms with Crippen LogP contribution in [0, 0.1) is 17.1 Å². The third-order valence-corrected chi connectivity index (χ3v) is 6.10. The van der Waals surface area contributed by atoms with E-state index in [9.17, 15) is 14.4 Å². The second-order valence-electron chi connectivity index (χ2n) is 7.86. The van der Waals surface area contributed by atoms with Gasteiger partial charge in [0.05, 0.1) is 17.3 Å². The average molecular weight is 448 g/mol. The number of nitriles is 1. The molecule has 0 saturated carbocycles. The van der Waals surface area contributed by atoms with Gasteiger partial charge in [-0.15, -0.1) is 0 Å². The van der Waals surface area contributed by atoms with Crippen molar-refractivity contribution in [1.82, 2.24) is 14.8 Å². The molecule has 4 heterocycles. The first-order valence-corrected chi connectivity index (χ1v) is 11.0. The number of benzene rings is 1. The lowest BCUT2D eigenvalue weighted by Gasteiger charge is -2.29. The summed E-state index contributed by atoms with van der Waals surface area (Å²) >= 11 is 0. The van der Waals surface area contributed by atoms with Crippen LogP contribution in [0.25, 0.3) is 11.1 Å². The fraction of sp³-hybridized carbons (Fsp3) is 0.333. The van der Waals surface area contributed by atoms with Gasteiger partial charge in [0.25, 0.3) is 5.91 Å². The lowest BCUT2D eigenvalue weighted by atomic mass is 9.97. The first-order valence-electron chi connectivity index (χ1n) is 11.0. The van der Waals surface area contributed by atoms with E-state index in [1.165, 1.54) is 27.8 Å². The van der Waals surface area contributed by atoms with Crippen molar-refractivity contribution in [1.29, 1.82) is 5.26 Å². The number of pyridine rings is 1. The summed E-state index contributed by atoms with van der Waals surface area (Å²) in [7, 11) is 3.31. The first-order chi connectivity index (χ1) is 15.9. The van der Waals surface area contributed by atoms with Crippen molar-refractivity contribution < 1.29 is 9.18 Å². The van der Waals surface area contributed by atoms with E-state index in [-0.39, 0.29) is 17.6 Å². The monoisotopic (exact) mass is 447 g/mol. The van der Waals surface area contributed by atoms with E-state index >= 15 is 0 Å². The highest BCUT2D eigenvalue weighted by Crippen LogP contribution is 2.44. The van der Waals surface area contributed by atoms with Crippen molar-refractivity contribution in [2.45, 2.75) is 32.7 Å². The number of nitrogen functional groups attached to an aromatic ring is 1. The van der Waals surface area contributed by atoms with Crippen molar-refractivity contribution in [3.05, 3.63) is 53.1 Å². The molecule has 3 aromatic rings. The first kappa shape index (κ1) is 22.3. The number of nitrogens with two attached hydrogens (primary N) is 1. The van der Waals surface area contributed by atoms with Crippen molar-refractivity contribution in [2.75, 3.05) is 29.1 Å². The summed E-state index contributed by atoms with van der Waals surface area (Å²) in [5, 5.41) is 14.0. The molecule has 170 valence electrons. The quantitative estimate of drug-likeness (QED) is 0.558. The molecule has 5 rings (SSSR count). The van der Waals surface area contributed by atoms with E-state index < -0.39 is 5.82 Å². The molecular weight excluding hydrogens is 421 g/mol. The molecule has 8 nitrogen and oxygen atoms in total. The third kappa shape index (κ3) is 3.48. The Morgan fingerprint density at radius 2 is 2.00 bits per heavy atom. The van der Waals surface area contributed by atoms with Gasteiger partial charge >= 0.3 is 0 Å². The maximum Gasteiger partial charge on any atom is 0.259 e. The topological polar surface area (TPSA) is 104 Å². The molecular formula is C24H26FN7O. The Morgan fingerprint density at radius 3 is 2.73 bits per heavy atom. The molecule has 1 unspecified atom stereocenters. The number of anilines is 3. The van der Waals surface area contributed by atoms with Gasteiger partial charge in [0.15, 0.2) is 5.69 Å². The standard InChI is InChI=1S/C22H20FN7O.C2H6/c1-28-21-19(16(10-24)27-29(21)2)12-8-18(20(25)26-11-12)30-7-3-4-17(30)15-9-13(23)5-6-14(15)22(28)31;1-2/h5-6,8-9,11,17H,3-4,7H2,1-2H3,(H2,25,26);1-2H3. The Morgan fingerprint density at radius 1 is 1.24 bits per heavy atom. The van der Waals surface area contributed by atoms with E-state index in [1.807, 2.05) is 19.9 Å². The van der Waals surface area contributed by atoms with Crippen LogP contribution in [0.2, 0.25) is 0 Å². The van der Waals surface area contributed by atoms with Gasteiger partial charge in [-0.3, -0.25) is 14.4 Å². The van der Waals surface area contributed by atoms with Crippen LogP contribution in [-0.4, -0.2) is 34.3 Å². The van der Waals surface area contributed by atoms with E-state index in [0.29, 0.717) is 46.1 Å². The summed E-state index contributed by atoms with van der Waals surface area (Å²) in [6.45, 7) is 4.70. The number of halogens is 1. The fourth-order valence-corrected chi connectivity index (χ4v) is 4.73. The smallest absolute Gasteiger partial charge is 0.259 e. The molecule has 1 amide bonds. The Bertz CT molecular complexity index is 1280. The Balaban J connectivity index is 0.00000126. The van der Waals surface area contributed by atoms with Crippen LogP contribution in [-0.2, 0) is 7.05 Å². The minimum Gasteiger partial charge on any atom is -0.382 e. The molecule has 1 fully saturated rings. The molecule has 2 N–H and O–H groups in total. The number of hydrogen-bond acceptors (Lipinski definition) is 6. The molecule has 2 bridgehead atoms. The summed E-state index contributed by atoms with van der Waals surface area (Å²) in [6, 6.07) is 8.04. The molecule has 2 aliphatic heterocycles. The zero-order valence-corrected chi connectivity index (χ0v) is 19.1. The number of nitrogens with zero attached hydrogens (tertiary/aromatic N) is 6. The molecule has 0 radical (unpaired) electrons. The van der Waals surface area contributed by atoms with Crippen molar-refractivity contribution in [3.63, 3.8) is 0 Å². The zero-order chi connectivity index (χ0) is 23.9. The minimum absolute atomic E-state index is 0.186. The Hall–Kier alpha value is -3.93. The maximum atomic E-state index is 14.3. The van der Waals surface area contributed by atoms with E-state index in [0.717, 1.165) is 12.8 Å². The second kappa shape index (κ2) is 8.54. The fourth-order valence-electron chi connectivity index (χ4n) is 4.73. The SMILES string of the molecule is CC.CN1C(=O)c2ccc(F)cc2C2CCCN2c2cc(cnc2N)-c2c(C#N)nn(C)c21. The number of aryl methyl sites for hydroxylation is 1. The summed E-state index contributed by atoms with van der Waals surface area (Å²) in [5.41, 5.74) is 9.32. The van der Waals surface area contributed by atoms with E-state index in [4.69, 9.17) is 5.73 Å². The van der Waals surface area contributed by atoms with Crippen molar-refractivity contribution in [3.8, 4) is 17.2 Å². The second-order valence-corrected chi connectivity index (χ2v) is 7.86. The largest absolute Gasteiger partial charge is 0.382 e. The van der Waals surface area contributed by atoms with Crippen molar-refractivity contribution >= 4 is 23.2 Å². The van der Waals surface area contributed by atoms with Gasteiger partial charge < -0.3 is 10.6 Å². The number of carbonyl (C=O) groups excluding carboxylic acids is 1. The van der Waals surface area contributed by atoms with Gasteiger partial charge in [-0.25, -0.2) is 9.37 Å². The molecule has 2 aliphatic rings. The number of hydrogen-bond donors (Lipinski definition) is 1. The van der Waals surface area contributed by atoms with E-state index in [1.54, 1.807) is 20.3 Å². The molecule has 2 aromatic heterocycles. The maximum absolute atomic E-state index is 14.3. The van der Waals surface area contributed by atoms with Crippen LogP contribution < -0.4 is 15.5 Å². The molecule has 1 aromatic carbocycles. The van der Waals surface area contributed by atoms with Gasteiger partial charge in [0, 0.05) is 38.0 Å². The summed E-state index contributed by atoms with van der Waals surface area (Å²) in [6.07, 6.45) is 3.22. The molecule has 1 atom stereocenters. The summed E-state index contributed by atoms with van der Waals surface area (Å²) < 4.78 is 15.8. The lowest BCUT2D eigenvalue weighted by Crippen LogP contribution is -2.31. The highest BCUT2D eigenvalue weighted by atomic mass is 19.1. The summed E-state index contributed by atoms with van der Waals surface area (Å²) in [4.78, 5) is 21.5. The highest BCUT2D eigenvalue weighted by molar-refractivity contribution is 6.08. The molecule has 1 saturated heterocycles. The summed E-state index contributed by atoms with van der Waals surface area (Å²) in [5.74, 6) is 0.100. The van der Waals surface area contributed by atoms with Crippen LogP contribution in [0.15, 0.2) is 30.5 Å². The zero-order valence-electron chi connectivity index (χ0n) is 19.1. The lowest BCUT2D eigenvalue weighted by molar-refractivity contribution is 0.0990. The van der Waals surface area contributed by atoms with Crippen LogP contribution in [0.3, 0.4) is 0 Å². The van der Waals surface area contributed by atoms with Crippen LogP contribution in [0.5, 0.6) is 0 Å².